The zero-order valence-electron chi connectivity index (χ0n) is 18.1. The van der Waals surface area contributed by atoms with Crippen LogP contribution >= 0.6 is 11.6 Å². The molecule has 7 nitrogen and oxygen atoms in total. The molecule has 2 amide bonds. The van der Waals surface area contributed by atoms with Crippen LogP contribution < -0.4 is 5.32 Å². The van der Waals surface area contributed by atoms with E-state index in [9.17, 15) is 9.59 Å². The van der Waals surface area contributed by atoms with E-state index >= 15 is 0 Å². The van der Waals surface area contributed by atoms with Crippen LogP contribution in [0.2, 0.25) is 5.02 Å². The molecular weight excluding hydrogens is 402 g/mol. The number of hydrogen-bond donors (Lipinski definition) is 1. The van der Waals surface area contributed by atoms with Gasteiger partial charge in [0.2, 0.25) is 5.91 Å². The Labute approximate surface area is 183 Å². The zero-order valence-corrected chi connectivity index (χ0v) is 18.9. The van der Waals surface area contributed by atoms with Gasteiger partial charge in [0.15, 0.2) is 0 Å². The molecule has 1 N–H and O–H groups in total. The number of carbonyl (C=O) groups excluding carboxylic acids is 2. The Morgan fingerprint density at radius 1 is 1.13 bits per heavy atom. The van der Waals surface area contributed by atoms with Crippen LogP contribution in [0.4, 0.5) is 0 Å². The van der Waals surface area contributed by atoms with E-state index in [4.69, 9.17) is 11.6 Å². The van der Waals surface area contributed by atoms with Gasteiger partial charge < -0.3 is 10.2 Å². The van der Waals surface area contributed by atoms with Crippen molar-refractivity contribution in [3.8, 4) is 0 Å². The second-order valence-electron chi connectivity index (χ2n) is 8.09. The van der Waals surface area contributed by atoms with Gasteiger partial charge in [-0.05, 0) is 39.3 Å². The average molecular weight is 432 g/mol. The summed E-state index contributed by atoms with van der Waals surface area (Å²) in [5.41, 5.74) is 3.20. The van der Waals surface area contributed by atoms with Crippen molar-refractivity contribution in [3.63, 3.8) is 0 Å². The molecule has 0 bridgehead atoms. The number of nitrogens with one attached hydrogen (secondary N) is 1. The van der Waals surface area contributed by atoms with Crippen LogP contribution in [0.15, 0.2) is 24.3 Å². The van der Waals surface area contributed by atoms with Gasteiger partial charge in [0.05, 0.1) is 24.3 Å². The molecule has 30 heavy (non-hydrogen) atoms. The molecule has 2 heterocycles. The molecule has 1 aromatic heterocycles. The number of nitrogens with zero attached hydrogens (tertiary/aromatic N) is 4. The molecule has 1 aromatic carbocycles. The summed E-state index contributed by atoms with van der Waals surface area (Å²) in [6.45, 7) is 11.2. The largest absolute Gasteiger partial charge is 0.353 e. The summed E-state index contributed by atoms with van der Waals surface area (Å²) in [6, 6.07) is 7.80. The Morgan fingerprint density at radius 2 is 1.80 bits per heavy atom. The van der Waals surface area contributed by atoms with Crippen molar-refractivity contribution in [2.45, 2.75) is 40.3 Å². The van der Waals surface area contributed by atoms with Crippen LogP contribution in [0.1, 0.15) is 41.2 Å². The van der Waals surface area contributed by atoms with E-state index in [0.717, 1.165) is 17.0 Å². The monoisotopic (exact) mass is 431 g/mol. The number of hydrogen-bond acceptors (Lipinski definition) is 4. The SMILES string of the molecule is Cc1nn(Cc2ccccc2Cl)c(C)c1C(=O)N1CCN(CC(=O)NC(C)C)CC1. The highest BCUT2D eigenvalue weighted by molar-refractivity contribution is 6.31. The van der Waals surface area contributed by atoms with Crippen LogP contribution in [0.5, 0.6) is 0 Å². The fourth-order valence-electron chi connectivity index (χ4n) is 3.79. The lowest BCUT2D eigenvalue weighted by Gasteiger charge is -2.34. The minimum absolute atomic E-state index is 0.00157. The molecule has 162 valence electrons. The first-order chi connectivity index (χ1) is 14.3. The van der Waals surface area contributed by atoms with Gasteiger partial charge in [0, 0.05) is 42.9 Å². The lowest BCUT2D eigenvalue weighted by molar-refractivity contribution is -0.123. The molecule has 0 saturated carbocycles. The minimum Gasteiger partial charge on any atom is -0.353 e. The molecule has 0 radical (unpaired) electrons. The molecule has 2 aromatic rings. The molecule has 0 unspecified atom stereocenters. The molecule has 0 aliphatic carbocycles. The topological polar surface area (TPSA) is 70.5 Å². The van der Waals surface area contributed by atoms with Crippen molar-refractivity contribution < 1.29 is 9.59 Å². The second-order valence-corrected chi connectivity index (χ2v) is 8.49. The number of aromatic nitrogens is 2. The highest BCUT2D eigenvalue weighted by Gasteiger charge is 2.27. The van der Waals surface area contributed by atoms with Crippen LogP contribution in [0.3, 0.4) is 0 Å². The number of carbonyl (C=O) groups is 2. The second kappa shape index (κ2) is 9.62. The number of benzene rings is 1. The van der Waals surface area contributed by atoms with Crippen molar-refractivity contribution in [3.05, 3.63) is 51.8 Å². The molecular formula is C22H30ClN5O2. The van der Waals surface area contributed by atoms with Gasteiger partial charge in [0.25, 0.3) is 5.91 Å². The van der Waals surface area contributed by atoms with E-state index in [2.05, 4.69) is 15.3 Å². The Balaban J connectivity index is 1.64. The lowest BCUT2D eigenvalue weighted by Crippen LogP contribution is -2.51. The third kappa shape index (κ3) is 5.21. The zero-order chi connectivity index (χ0) is 21.8. The summed E-state index contributed by atoms with van der Waals surface area (Å²) in [6.07, 6.45) is 0. The van der Waals surface area contributed by atoms with E-state index < -0.39 is 0 Å². The number of aryl methyl sites for hydroxylation is 1. The third-order valence-electron chi connectivity index (χ3n) is 5.35. The maximum atomic E-state index is 13.2. The normalized spacial score (nSPS) is 14.9. The summed E-state index contributed by atoms with van der Waals surface area (Å²) in [5, 5.41) is 8.19. The molecule has 1 saturated heterocycles. The summed E-state index contributed by atoms with van der Waals surface area (Å²) in [7, 11) is 0. The predicted molar refractivity (Wildman–Crippen MR) is 118 cm³/mol. The maximum Gasteiger partial charge on any atom is 0.257 e. The maximum absolute atomic E-state index is 13.2. The predicted octanol–water partition coefficient (Wildman–Crippen LogP) is 2.48. The summed E-state index contributed by atoms with van der Waals surface area (Å²) >= 11 is 6.29. The Bertz CT molecular complexity index is 916. The van der Waals surface area contributed by atoms with E-state index in [-0.39, 0.29) is 17.9 Å². The van der Waals surface area contributed by atoms with Gasteiger partial charge in [-0.1, -0.05) is 29.8 Å². The summed E-state index contributed by atoms with van der Waals surface area (Å²) < 4.78 is 1.84. The molecule has 1 aliphatic rings. The Kier molecular flexibility index (Phi) is 7.15. The molecule has 1 aliphatic heterocycles. The molecule has 0 spiro atoms. The van der Waals surface area contributed by atoms with Gasteiger partial charge in [-0.2, -0.15) is 5.10 Å². The van der Waals surface area contributed by atoms with Gasteiger partial charge >= 0.3 is 0 Å². The fraction of sp³-hybridized carbons (Fsp3) is 0.500. The Morgan fingerprint density at radius 3 is 2.43 bits per heavy atom. The van der Waals surface area contributed by atoms with Crippen LogP contribution in [-0.4, -0.2) is 70.2 Å². The summed E-state index contributed by atoms with van der Waals surface area (Å²) in [4.78, 5) is 29.1. The lowest BCUT2D eigenvalue weighted by atomic mass is 10.1. The summed E-state index contributed by atoms with van der Waals surface area (Å²) in [5.74, 6) is 0.0269. The van der Waals surface area contributed by atoms with E-state index in [0.29, 0.717) is 49.9 Å². The smallest absolute Gasteiger partial charge is 0.257 e. The van der Waals surface area contributed by atoms with E-state index in [1.807, 2.05) is 61.5 Å². The standard InChI is InChI=1S/C22H30ClN5O2/c1-15(2)24-20(29)14-26-9-11-27(12-10-26)22(30)21-16(3)25-28(17(21)4)13-18-7-5-6-8-19(18)23/h5-8,15H,9-14H2,1-4H3,(H,24,29). The fourth-order valence-corrected chi connectivity index (χ4v) is 3.98. The number of piperazine rings is 1. The Hall–Kier alpha value is -2.38. The van der Waals surface area contributed by atoms with Crippen LogP contribution in [0, 0.1) is 13.8 Å². The number of amides is 2. The average Bonchev–Trinajstić information content (AvgIpc) is 2.96. The van der Waals surface area contributed by atoms with Gasteiger partial charge in [-0.25, -0.2) is 0 Å². The number of rotatable bonds is 6. The van der Waals surface area contributed by atoms with Crippen molar-refractivity contribution in [2.75, 3.05) is 32.7 Å². The van der Waals surface area contributed by atoms with Gasteiger partial charge in [0.1, 0.15) is 0 Å². The molecule has 1 fully saturated rings. The quantitative estimate of drug-likeness (QED) is 0.762. The van der Waals surface area contributed by atoms with Crippen molar-refractivity contribution in [1.29, 1.82) is 0 Å². The third-order valence-corrected chi connectivity index (χ3v) is 5.72. The van der Waals surface area contributed by atoms with Gasteiger partial charge in [-0.15, -0.1) is 0 Å². The first-order valence-electron chi connectivity index (χ1n) is 10.3. The first-order valence-corrected chi connectivity index (χ1v) is 10.7. The van der Waals surface area contributed by atoms with E-state index in [1.54, 1.807) is 0 Å². The van der Waals surface area contributed by atoms with Gasteiger partial charge in [-0.3, -0.25) is 19.2 Å². The minimum atomic E-state index is 0.00157. The van der Waals surface area contributed by atoms with Crippen LogP contribution in [0.25, 0.3) is 0 Å². The van der Waals surface area contributed by atoms with Crippen LogP contribution in [-0.2, 0) is 11.3 Å². The highest BCUT2D eigenvalue weighted by atomic mass is 35.5. The first kappa shape index (κ1) is 22.3. The molecule has 3 rings (SSSR count). The highest BCUT2D eigenvalue weighted by Crippen LogP contribution is 2.21. The molecule has 8 heteroatoms. The van der Waals surface area contributed by atoms with Crippen molar-refractivity contribution in [1.82, 2.24) is 24.9 Å². The molecule has 0 atom stereocenters. The number of halogens is 1. The van der Waals surface area contributed by atoms with Crippen molar-refractivity contribution >= 4 is 23.4 Å². The van der Waals surface area contributed by atoms with Crippen molar-refractivity contribution in [2.24, 2.45) is 0 Å². The van der Waals surface area contributed by atoms with E-state index in [1.165, 1.54) is 0 Å².